The maximum Gasteiger partial charge on any atom is 0.0702 e. The average Bonchev–Trinajstić information content (AvgIpc) is 2.73. The molecule has 2 aliphatic heterocycles. The van der Waals surface area contributed by atoms with E-state index in [1.54, 1.807) is 0 Å². The molecule has 1 N–H and O–H groups in total. The third kappa shape index (κ3) is 3.94. The van der Waals surface area contributed by atoms with Gasteiger partial charge in [0.1, 0.15) is 0 Å². The smallest absolute Gasteiger partial charge is 0.0702 e. The fraction of sp³-hybridized carbons (Fsp3) is 1.00. The monoisotopic (exact) mass is 240 g/mol. The van der Waals surface area contributed by atoms with Crippen LogP contribution in [0.25, 0.3) is 0 Å². The number of nitrogens with one attached hydrogen (secondary N) is 1. The lowest BCUT2D eigenvalue weighted by molar-refractivity contribution is 0.0706. The topological polar surface area (TPSA) is 24.5 Å². The standard InChI is InChI=1S/C14H28N2O/c1-3-12(2)14-11-16(8-5-7-15-14)10-13-6-4-9-17-13/h12-15H,3-11H2,1-2H3. The first-order valence-corrected chi connectivity index (χ1v) is 7.37. The van der Waals surface area contributed by atoms with Crippen LogP contribution < -0.4 is 5.32 Å². The molecule has 0 saturated carbocycles. The van der Waals surface area contributed by atoms with Crippen LogP contribution in [0, 0.1) is 5.92 Å². The number of hydrogen-bond donors (Lipinski definition) is 1. The van der Waals surface area contributed by atoms with Gasteiger partial charge >= 0.3 is 0 Å². The average molecular weight is 240 g/mol. The first-order valence-electron chi connectivity index (χ1n) is 7.37. The van der Waals surface area contributed by atoms with Crippen molar-refractivity contribution >= 4 is 0 Å². The summed E-state index contributed by atoms with van der Waals surface area (Å²) in [6.45, 7) is 10.4. The second-order valence-corrected chi connectivity index (χ2v) is 5.69. The maximum absolute atomic E-state index is 5.76. The van der Waals surface area contributed by atoms with Crippen LogP contribution in [0.5, 0.6) is 0 Å². The lowest BCUT2D eigenvalue weighted by atomic mass is 9.99. The molecule has 0 radical (unpaired) electrons. The van der Waals surface area contributed by atoms with Gasteiger partial charge in [0.15, 0.2) is 0 Å². The molecule has 2 rings (SSSR count). The lowest BCUT2D eigenvalue weighted by Gasteiger charge is -2.29. The van der Waals surface area contributed by atoms with Crippen LogP contribution in [0.15, 0.2) is 0 Å². The van der Waals surface area contributed by atoms with Gasteiger partial charge in [-0.3, -0.25) is 4.90 Å². The Kier molecular flexibility index (Phi) is 5.26. The summed E-state index contributed by atoms with van der Waals surface area (Å²) in [6, 6.07) is 0.670. The Morgan fingerprint density at radius 1 is 1.41 bits per heavy atom. The van der Waals surface area contributed by atoms with E-state index in [-0.39, 0.29) is 0 Å². The van der Waals surface area contributed by atoms with Crippen molar-refractivity contribution in [3.63, 3.8) is 0 Å². The van der Waals surface area contributed by atoms with E-state index in [0.29, 0.717) is 12.1 Å². The van der Waals surface area contributed by atoms with Gasteiger partial charge in [-0.1, -0.05) is 20.3 Å². The molecule has 0 aromatic carbocycles. The Balaban J connectivity index is 1.83. The molecule has 0 aromatic rings. The van der Waals surface area contributed by atoms with Gasteiger partial charge in [0, 0.05) is 25.7 Å². The molecule has 0 aromatic heterocycles. The van der Waals surface area contributed by atoms with Gasteiger partial charge in [0.05, 0.1) is 6.10 Å². The van der Waals surface area contributed by atoms with Crippen molar-refractivity contribution in [2.24, 2.45) is 5.92 Å². The normalized spacial score (nSPS) is 33.5. The minimum Gasteiger partial charge on any atom is -0.377 e. The van der Waals surface area contributed by atoms with Crippen LogP contribution in [-0.4, -0.2) is 49.8 Å². The van der Waals surface area contributed by atoms with Gasteiger partial charge in [0.25, 0.3) is 0 Å². The largest absolute Gasteiger partial charge is 0.377 e. The van der Waals surface area contributed by atoms with E-state index >= 15 is 0 Å². The number of ether oxygens (including phenoxy) is 1. The molecule has 17 heavy (non-hydrogen) atoms. The zero-order chi connectivity index (χ0) is 12.1. The van der Waals surface area contributed by atoms with Gasteiger partial charge in [-0.05, 0) is 38.3 Å². The molecule has 3 unspecified atom stereocenters. The molecule has 3 atom stereocenters. The summed E-state index contributed by atoms with van der Waals surface area (Å²) in [5.74, 6) is 0.778. The number of nitrogens with zero attached hydrogens (tertiary/aromatic N) is 1. The Hall–Kier alpha value is -0.120. The molecule has 2 fully saturated rings. The molecule has 0 bridgehead atoms. The highest BCUT2D eigenvalue weighted by atomic mass is 16.5. The van der Waals surface area contributed by atoms with E-state index in [0.717, 1.165) is 19.1 Å². The van der Waals surface area contributed by atoms with E-state index in [4.69, 9.17) is 4.74 Å². The molecule has 3 nitrogen and oxygen atoms in total. The van der Waals surface area contributed by atoms with Crippen molar-refractivity contribution in [2.45, 2.75) is 51.7 Å². The SMILES string of the molecule is CCC(C)C1CN(CC2CCCO2)CCCN1. The fourth-order valence-corrected chi connectivity index (χ4v) is 2.93. The summed E-state index contributed by atoms with van der Waals surface area (Å²) in [7, 11) is 0. The van der Waals surface area contributed by atoms with Gasteiger partial charge in [-0.2, -0.15) is 0 Å². The predicted octanol–water partition coefficient (Wildman–Crippen LogP) is 1.88. The van der Waals surface area contributed by atoms with Gasteiger partial charge < -0.3 is 10.1 Å². The van der Waals surface area contributed by atoms with Crippen LogP contribution in [0.1, 0.15) is 39.5 Å². The molecule has 100 valence electrons. The van der Waals surface area contributed by atoms with Crippen LogP contribution in [0.4, 0.5) is 0 Å². The third-order valence-corrected chi connectivity index (χ3v) is 4.33. The summed E-state index contributed by atoms with van der Waals surface area (Å²) in [5.41, 5.74) is 0. The second kappa shape index (κ2) is 6.72. The highest BCUT2D eigenvalue weighted by Gasteiger charge is 2.25. The third-order valence-electron chi connectivity index (χ3n) is 4.33. The van der Waals surface area contributed by atoms with Crippen molar-refractivity contribution < 1.29 is 4.74 Å². The van der Waals surface area contributed by atoms with Crippen LogP contribution in [0.3, 0.4) is 0 Å². The van der Waals surface area contributed by atoms with Gasteiger partial charge in [0.2, 0.25) is 0 Å². The molecule has 2 aliphatic rings. The molecule has 3 heteroatoms. The van der Waals surface area contributed by atoms with Gasteiger partial charge in [-0.15, -0.1) is 0 Å². The van der Waals surface area contributed by atoms with Crippen molar-refractivity contribution in [3.05, 3.63) is 0 Å². The highest BCUT2D eigenvalue weighted by molar-refractivity contribution is 4.82. The Labute approximate surface area is 106 Å². The summed E-state index contributed by atoms with van der Waals surface area (Å²) >= 11 is 0. The minimum absolute atomic E-state index is 0.505. The van der Waals surface area contributed by atoms with E-state index in [1.807, 2.05) is 0 Å². The maximum atomic E-state index is 5.76. The van der Waals surface area contributed by atoms with E-state index in [9.17, 15) is 0 Å². The van der Waals surface area contributed by atoms with E-state index in [1.165, 1.54) is 45.3 Å². The van der Waals surface area contributed by atoms with Crippen LogP contribution >= 0.6 is 0 Å². The molecule has 2 heterocycles. The van der Waals surface area contributed by atoms with Crippen molar-refractivity contribution in [1.82, 2.24) is 10.2 Å². The Morgan fingerprint density at radius 3 is 3.00 bits per heavy atom. The quantitative estimate of drug-likeness (QED) is 0.812. The Morgan fingerprint density at radius 2 is 2.29 bits per heavy atom. The zero-order valence-corrected chi connectivity index (χ0v) is 11.5. The molecular weight excluding hydrogens is 212 g/mol. The first kappa shape index (κ1) is 13.3. The molecule has 0 spiro atoms. The molecular formula is C14H28N2O. The van der Waals surface area contributed by atoms with Crippen molar-refractivity contribution in [3.8, 4) is 0 Å². The Bertz CT molecular complexity index is 216. The first-order chi connectivity index (χ1) is 8.29. The summed E-state index contributed by atoms with van der Waals surface area (Å²) in [6.07, 6.45) is 5.57. The van der Waals surface area contributed by atoms with Gasteiger partial charge in [-0.25, -0.2) is 0 Å². The second-order valence-electron chi connectivity index (χ2n) is 5.69. The van der Waals surface area contributed by atoms with Crippen molar-refractivity contribution in [1.29, 1.82) is 0 Å². The van der Waals surface area contributed by atoms with E-state index in [2.05, 4.69) is 24.1 Å². The minimum atomic E-state index is 0.505. The number of hydrogen-bond acceptors (Lipinski definition) is 3. The fourth-order valence-electron chi connectivity index (χ4n) is 2.93. The van der Waals surface area contributed by atoms with Crippen LogP contribution in [-0.2, 0) is 4.74 Å². The zero-order valence-electron chi connectivity index (χ0n) is 11.5. The molecule has 0 amide bonds. The number of rotatable bonds is 4. The summed E-state index contributed by atoms with van der Waals surface area (Å²) in [4.78, 5) is 2.62. The highest BCUT2D eigenvalue weighted by Crippen LogP contribution is 2.17. The van der Waals surface area contributed by atoms with E-state index < -0.39 is 0 Å². The summed E-state index contributed by atoms with van der Waals surface area (Å²) in [5, 5.41) is 3.70. The molecule has 0 aliphatic carbocycles. The van der Waals surface area contributed by atoms with Crippen LogP contribution in [0.2, 0.25) is 0 Å². The lowest BCUT2D eigenvalue weighted by Crippen LogP contribution is -2.43. The van der Waals surface area contributed by atoms with Crippen molar-refractivity contribution in [2.75, 3.05) is 32.8 Å². The summed E-state index contributed by atoms with van der Waals surface area (Å²) < 4.78 is 5.76. The molecule has 2 saturated heterocycles. The predicted molar refractivity (Wildman–Crippen MR) is 71.3 cm³/mol.